The van der Waals surface area contributed by atoms with Crippen LogP contribution in [0.3, 0.4) is 0 Å². The Morgan fingerprint density at radius 3 is 2.45 bits per heavy atom. The summed E-state index contributed by atoms with van der Waals surface area (Å²) >= 11 is 0. The van der Waals surface area contributed by atoms with Crippen LogP contribution in [0, 0.1) is 5.82 Å². The van der Waals surface area contributed by atoms with Gasteiger partial charge in [0, 0.05) is 64.9 Å². The molecule has 2 fully saturated rings. The first-order valence-electron chi connectivity index (χ1n) is 11.5. The minimum absolute atomic E-state index is 0.0549. The molecule has 2 aliphatic heterocycles. The van der Waals surface area contributed by atoms with Crippen LogP contribution in [0.25, 0.3) is 0 Å². The van der Waals surface area contributed by atoms with Gasteiger partial charge in [0.25, 0.3) is 0 Å². The molecule has 0 amide bonds. The molecule has 31 heavy (non-hydrogen) atoms. The number of aliphatic imine (C=N–C) groups is 1. The van der Waals surface area contributed by atoms with E-state index in [-0.39, 0.29) is 11.4 Å². The number of hydrogen-bond donors (Lipinski definition) is 2. The van der Waals surface area contributed by atoms with Crippen molar-refractivity contribution >= 4 is 11.6 Å². The maximum atomic E-state index is 14.0. The zero-order chi connectivity index (χ0) is 22.1. The van der Waals surface area contributed by atoms with Crippen molar-refractivity contribution in [2.45, 2.75) is 25.8 Å². The minimum Gasteiger partial charge on any atom is -0.379 e. The molecule has 1 aromatic carbocycles. The van der Waals surface area contributed by atoms with Crippen molar-refractivity contribution in [3.05, 3.63) is 30.1 Å². The summed E-state index contributed by atoms with van der Waals surface area (Å²) in [5.74, 6) is 0.724. The fourth-order valence-corrected chi connectivity index (χ4v) is 4.23. The van der Waals surface area contributed by atoms with E-state index >= 15 is 0 Å². The van der Waals surface area contributed by atoms with Crippen molar-refractivity contribution in [3.63, 3.8) is 0 Å². The number of nitrogens with one attached hydrogen (secondary N) is 2. The Labute approximate surface area is 186 Å². The smallest absolute Gasteiger partial charge is 0.191 e. The molecule has 2 N–H and O–H groups in total. The Balaban J connectivity index is 1.31. The molecule has 0 saturated carbocycles. The van der Waals surface area contributed by atoms with Gasteiger partial charge in [0.15, 0.2) is 5.96 Å². The summed E-state index contributed by atoms with van der Waals surface area (Å²) in [6.07, 6.45) is 1.05. The average Bonchev–Trinajstić information content (AvgIpc) is 2.80. The summed E-state index contributed by atoms with van der Waals surface area (Å²) in [5.41, 5.74) is 0.776. The third kappa shape index (κ3) is 7.05. The second-order valence-electron chi connectivity index (χ2n) is 8.90. The number of rotatable bonds is 8. The van der Waals surface area contributed by atoms with Gasteiger partial charge in [-0.2, -0.15) is 0 Å². The van der Waals surface area contributed by atoms with Gasteiger partial charge in [0.2, 0.25) is 0 Å². The monoisotopic (exact) mass is 434 g/mol. The van der Waals surface area contributed by atoms with E-state index in [2.05, 4.69) is 44.2 Å². The van der Waals surface area contributed by atoms with E-state index in [4.69, 9.17) is 4.74 Å². The Hall–Kier alpha value is -1.90. The van der Waals surface area contributed by atoms with Crippen LogP contribution in [-0.4, -0.2) is 100 Å². The standard InChI is InChI=1S/C23H39FN6O/c1-23(2,30-15-17-31-18-16-30)19-27-22(25-3)26-9-6-10-28-11-13-29(14-12-28)21-8-5-4-7-20(21)24/h4-5,7-8H,6,9-19H2,1-3H3,(H2,25,26,27). The quantitative estimate of drug-likeness (QED) is 0.368. The van der Waals surface area contributed by atoms with Crippen molar-refractivity contribution in [3.8, 4) is 0 Å². The summed E-state index contributed by atoms with van der Waals surface area (Å²) < 4.78 is 19.5. The molecule has 0 spiro atoms. The van der Waals surface area contributed by atoms with Crippen LogP contribution in [0.2, 0.25) is 0 Å². The third-order valence-corrected chi connectivity index (χ3v) is 6.29. The van der Waals surface area contributed by atoms with Gasteiger partial charge in [0.1, 0.15) is 5.82 Å². The van der Waals surface area contributed by atoms with E-state index in [1.807, 2.05) is 19.2 Å². The normalized spacial score (nSPS) is 19.5. The molecule has 7 nitrogen and oxygen atoms in total. The maximum absolute atomic E-state index is 14.0. The maximum Gasteiger partial charge on any atom is 0.191 e. The zero-order valence-electron chi connectivity index (χ0n) is 19.4. The number of hydrogen-bond acceptors (Lipinski definition) is 5. The fourth-order valence-electron chi connectivity index (χ4n) is 4.23. The second kappa shape index (κ2) is 11.6. The fraction of sp³-hybridized carbons (Fsp3) is 0.696. The molecule has 2 aliphatic rings. The lowest BCUT2D eigenvalue weighted by molar-refractivity contribution is -0.00833. The van der Waals surface area contributed by atoms with Crippen LogP contribution in [0.4, 0.5) is 10.1 Å². The van der Waals surface area contributed by atoms with E-state index in [0.29, 0.717) is 0 Å². The Bertz CT molecular complexity index is 699. The first-order valence-corrected chi connectivity index (χ1v) is 11.5. The van der Waals surface area contributed by atoms with Gasteiger partial charge in [0.05, 0.1) is 18.9 Å². The Morgan fingerprint density at radius 1 is 1.06 bits per heavy atom. The van der Waals surface area contributed by atoms with Gasteiger partial charge in [-0.25, -0.2) is 4.39 Å². The van der Waals surface area contributed by atoms with Gasteiger partial charge >= 0.3 is 0 Å². The number of guanidine groups is 1. The van der Waals surface area contributed by atoms with Gasteiger partial charge in [-0.15, -0.1) is 0 Å². The van der Waals surface area contributed by atoms with Crippen LogP contribution in [0.5, 0.6) is 0 Å². The Morgan fingerprint density at radius 2 is 1.77 bits per heavy atom. The lowest BCUT2D eigenvalue weighted by Crippen LogP contribution is -2.56. The highest BCUT2D eigenvalue weighted by atomic mass is 19.1. The summed E-state index contributed by atoms with van der Waals surface area (Å²) in [7, 11) is 1.82. The first kappa shape index (κ1) is 23.8. The van der Waals surface area contributed by atoms with Crippen LogP contribution in [-0.2, 0) is 4.74 Å². The topological polar surface area (TPSA) is 55.4 Å². The molecule has 0 atom stereocenters. The molecule has 8 heteroatoms. The lowest BCUT2D eigenvalue weighted by atomic mass is 10.0. The highest BCUT2D eigenvalue weighted by Crippen LogP contribution is 2.20. The summed E-state index contributed by atoms with van der Waals surface area (Å²) in [6.45, 7) is 14.5. The van der Waals surface area contributed by atoms with E-state index < -0.39 is 0 Å². The number of morpholine rings is 1. The van der Waals surface area contributed by atoms with Gasteiger partial charge in [-0.05, 0) is 38.9 Å². The molecule has 0 unspecified atom stereocenters. The van der Waals surface area contributed by atoms with Gasteiger partial charge in [-0.3, -0.25) is 14.8 Å². The molecule has 0 aliphatic carbocycles. The van der Waals surface area contributed by atoms with Crippen LogP contribution < -0.4 is 15.5 Å². The lowest BCUT2D eigenvalue weighted by Gasteiger charge is -2.41. The first-order chi connectivity index (χ1) is 15.0. The summed E-state index contributed by atoms with van der Waals surface area (Å²) in [4.78, 5) is 11.4. The molecule has 2 saturated heterocycles. The number of benzene rings is 1. The highest BCUT2D eigenvalue weighted by molar-refractivity contribution is 5.79. The van der Waals surface area contributed by atoms with Crippen LogP contribution in [0.1, 0.15) is 20.3 Å². The molecule has 3 rings (SSSR count). The number of para-hydroxylation sites is 1. The van der Waals surface area contributed by atoms with E-state index in [1.165, 1.54) is 6.07 Å². The molecular formula is C23H39FN6O. The number of ether oxygens (including phenoxy) is 1. The second-order valence-corrected chi connectivity index (χ2v) is 8.90. The van der Waals surface area contributed by atoms with Crippen LogP contribution in [0.15, 0.2) is 29.3 Å². The number of anilines is 1. The number of piperazine rings is 1. The summed E-state index contributed by atoms with van der Waals surface area (Å²) in [5, 5.41) is 6.91. The van der Waals surface area contributed by atoms with E-state index in [0.717, 1.165) is 90.2 Å². The molecule has 2 heterocycles. The average molecular weight is 435 g/mol. The van der Waals surface area contributed by atoms with Crippen molar-refractivity contribution in [1.82, 2.24) is 20.4 Å². The van der Waals surface area contributed by atoms with Crippen molar-refractivity contribution in [1.29, 1.82) is 0 Å². The largest absolute Gasteiger partial charge is 0.379 e. The molecule has 0 radical (unpaired) electrons. The molecule has 0 bridgehead atoms. The van der Waals surface area contributed by atoms with E-state index in [9.17, 15) is 4.39 Å². The molecule has 0 aromatic heterocycles. The SMILES string of the molecule is CN=C(NCCCN1CCN(c2ccccc2F)CC1)NCC(C)(C)N1CCOCC1. The van der Waals surface area contributed by atoms with Gasteiger partial charge in [-0.1, -0.05) is 12.1 Å². The van der Waals surface area contributed by atoms with Crippen LogP contribution >= 0.6 is 0 Å². The zero-order valence-corrected chi connectivity index (χ0v) is 19.4. The third-order valence-electron chi connectivity index (χ3n) is 6.29. The molecular weight excluding hydrogens is 395 g/mol. The Kier molecular flexibility index (Phi) is 8.92. The minimum atomic E-state index is -0.129. The van der Waals surface area contributed by atoms with Crippen molar-refractivity contribution < 1.29 is 9.13 Å². The predicted molar refractivity (Wildman–Crippen MR) is 126 cm³/mol. The number of halogens is 1. The van der Waals surface area contributed by atoms with Crippen molar-refractivity contribution in [2.24, 2.45) is 4.99 Å². The molecule has 1 aromatic rings. The molecule has 174 valence electrons. The van der Waals surface area contributed by atoms with E-state index in [1.54, 1.807) is 6.07 Å². The highest BCUT2D eigenvalue weighted by Gasteiger charge is 2.28. The van der Waals surface area contributed by atoms with Gasteiger partial charge < -0.3 is 20.3 Å². The van der Waals surface area contributed by atoms with Crippen molar-refractivity contribution in [2.75, 3.05) is 84.1 Å². The number of nitrogens with zero attached hydrogens (tertiary/aromatic N) is 4. The summed E-state index contributed by atoms with van der Waals surface area (Å²) in [6, 6.07) is 7.05. The predicted octanol–water partition coefficient (Wildman–Crippen LogP) is 1.61.